The van der Waals surface area contributed by atoms with Crippen LogP contribution in [-0.4, -0.2) is 6.21 Å². The highest BCUT2D eigenvalue weighted by atomic mass is 14.6. The molecule has 3 fully saturated rings. The van der Waals surface area contributed by atoms with Crippen LogP contribution in [0.1, 0.15) is 32.1 Å². The van der Waals surface area contributed by atoms with E-state index >= 15 is 0 Å². The standard InChI is InChI=1S/C11H17N/c12-6-9-3-4-10-7-1-2-8(5-7)11(9)10/h6-12H,1-5H2. The third-order valence-corrected chi connectivity index (χ3v) is 4.70. The fraction of sp³-hybridized carbons (Fsp3) is 0.909. The van der Waals surface area contributed by atoms with Crippen molar-refractivity contribution in [1.29, 1.82) is 5.41 Å². The van der Waals surface area contributed by atoms with E-state index in [1.807, 2.05) is 0 Å². The smallest absolute Gasteiger partial charge is 0.00138 e. The molecule has 12 heavy (non-hydrogen) atoms. The fourth-order valence-corrected chi connectivity index (χ4v) is 4.32. The Labute approximate surface area is 74.1 Å². The number of hydrogen-bond acceptors (Lipinski definition) is 1. The van der Waals surface area contributed by atoms with Gasteiger partial charge in [-0.05, 0) is 67.9 Å². The Kier molecular flexibility index (Phi) is 1.38. The van der Waals surface area contributed by atoms with Crippen LogP contribution in [0.5, 0.6) is 0 Å². The van der Waals surface area contributed by atoms with Gasteiger partial charge in [-0.1, -0.05) is 0 Å². The zero-order valence-electron chi connectivity index (χ0n) is 7.50. The van der Waals surface area contributed by atoms with E-state index < -0.39 is 0 Å². The van der Waals surface area contributed by atoms with Crippen LogP contribution in [0.2, 0.25) is 0 Å². The molecule has 0 aliphatic heterocycles. The molecule has 2 bridgehead atoms. The summed E-state index contributed by atoms with van der Waals surface area (Å²) in [5.41, 5.74) is 0. The van der Waals surface area contributed by atoms with Gasteiger partial charge in [0.15, 0.2) is 0 Å². The summed E-state index contributed by atoms with van der Waals surface area (Å²) in [4.78, 5) is 0. The van der Waals surface area contributed by atoms with Crippen molar-refractivity contribution < 1.29 is 0 Å². The molecule has 0 amide bonds. The molecule has 1 N–H and O–H groups in total. The van der Waals surface area contributed by atoms with Gasteiger partial charge in [0.05, 0.1) is 0 Å². The first-order chi connectivity index (χ1) is 5.90. The highest BCUT2D eigenvalue weighted by Gasteiger charge is 2.52. The summed E-state index contributed by atoms with van der Waals surface area (Å²) >= 11 is 0. The predicted molar refractivity (Wildman–Crippen MR) is 49.3 cm³/mol. The lowest BCUT2D eigenvalue weighted by Gasteiger charge is -2.26. The van der Waals surface area contributed by atoms with Gasteiger partial charge in [0.2, 0.25) is 0 Å². The molecule has 0 aromatic carbocycles. The largest absolute Gasteiger partial charge is 0.313 e. The average molecular weight is 163 g/mol. The van der Waals surface area contributed by atoms with Crippen LogP contribution >= 0.6 is 0 Å². The van der Waals surface area contributed by atoms with Crippen LogP contribution in [0.3, 0.4) is 0 Å². The maximum atomic E-state index is 7.41. The van der Waals surface area contributed by atoms with Gasteiger partial charge in [0.1, 0.15) is 0 Å². The van der Waals surface area contributed by atoms with Crippen molar-refractivity contribution in [2.24, 2.45) is 29.6 Å². The van der Waals surface area contributed by atoms with E-state index in [1.165, 1.54) is 32.1 Å². The monoisotopic (exact) mass is 163 g/mol. The molecule has 0 aromatic heterocycles. The van der Waals surface area contributed by atoms with Crippen LogP contribution in [0, 0.1) is 35.0 Å². The number of rotatable bonds is 1. The molecule has 0 aromatic rings. The summed E-state index contributed by atoms with van der Waals surface area (Å²) in [6.07, 6.45) is 9.01. The lowest BCUT2D eigenvalue weighted by molar-refractivity contribution is 0.241. The summed E-state index contributed by atoms with van der Waals surface area (Å²) in [7, 11) is 0. The first-order valence-corrected chi connectivity index (χ1v) is 5.40. The van der Waals surface area contributed by atoms with Gasteiger partial charge in [-0.25, -0.2) is 0 Å². The second kappa shape index (κ2) is 2.34. The third-order valence-electron chi connectivity index (χ3n) is 4.70. The second-order valence-electron chi connectivity index (χ2n) is 4.98. The molecule has 0 heterocycles. The molecule has 5 atom stereocenters. The Morgan fingerprint density at radius 1 is 1.00 bits per heavy atom. The van der Waals surface area contributed by atoms with Gasteiger partial charge in [0, 0.05) is 0 Å². The van der Waals surface area contributed by atoms with Crippen molar-refractivity contribution in [1.82, 2.24) is 0 Å². The molecular weight excluding hydrogens is 146 g/mol. The molecule has 3 aliphatic rings. The summed E-state index contributed by atoms with van der Waals surface area (Å²) < 4.78 is 0. The SMILES string of the molecule is N=CC1CCC2C3CCC(C3)C12. The van der Waals surface area contributed by atoms with Crippen LogP contribution in [0.25, 0.3) is 0 Å². The summed E-state index contributed by atoms with van der Waals surface area (Å²) in [5.74, 6) is 4.75. The first-order valence-electron chi connectivity index (χ1n) is 5.40. The molecule has 3 aliphatic carbocycles. The Hall–Kier alpha value is -0.330. The van der Waals surface area contributed by atoms with E-state index in [1.54, 1.807) is 6.21 Å². The quantitative estimate of drug-likeness (QED) is 0.575. The molecule has 1 heteroatoms. The number of nitrogens with one attached hydrogen (secondary N) is 1. The Bertz CT molecular complexity index is 211. The zero-order valence-corrected chi connectivity index (χ0v) is 7.50. The maximum absolute atomic E-state index is 7.41. The van der Waals surface area contributed by atoms with Crippen molar-refractivity contribution >= 4 is 6.21 Å². The topological polar surface area (TPSA) is 23.9 Å². The van der Waals surface area contributed by atoms with Gasteiger partial charge in [-0.15, -0.1) is 0 Å². The van der Waals surface area contributed by atoms with E-state index in [9.17, 15) is 0 Å². The van der Waals surface area contributed by atoms with E-state index in [0.717, 1.165) is 23.7 Å². The maximum Gasteiger partial charge on any atom is -0.00138 e. The molecule has 3 rings (SSSR count). The number of fused-ring (bicyclic) bond motifs is 5. The predicted octanol–water partition coefficient (Wildman–Crippen LogP) is 2.71. The van der Waals surface area contributed by atoms with Gasteiger partial charge in [-0.3, -0.25) is 0 Å². The van der Waals surface area contributed by atoms with E-state index in [2.05, 4.69) is 0 Å². The molecule has 3 saturated carbocycles. The van der Waals surface area contributed by atoms with Crippen molar-refractivity contribution in [2.45, 2.75) is 32.1 Å². The Morgan fingerprint density at radius 3 is 2.67 bits per heavy atom. The second-order valence-corrected chi connectivity index (χ2v) is 4.98. The van der Waals surface area contributed by atoms with Crippen molar-refractivity contribution in [2.75, 3.05) is 0 Å². The van der Waals surface area contributed by atoms with Crippen molar-refractivity contribution in [3.05, 3.63) is 0 Å². The summed E-state index contributed by atoms with van der Waals surface area (Å²) in [5, 5.41) is 7.41. The van der Waals surface area contributed by atoms with E-state index in [4.69, 9.17) is 5.41 Å². The van der Waals surface area contributed by atoms with Crippen molar-refractivity contribution in [3.63, 3.8) is 0 Å². The highest BCUT2D eigenvalue weighted by Crippen LogP contribution is 2.60. The van der Waals surface area contributed by atoms with E-state index in [-0.39, 0.29) is 0 Å². The minimum absolute atomic E-state index is 0.672. The average Bonchev–Trinajstić information content (AvgIpc) is 2.76. The minimum atomic E-state index is 0.672. The lowest BCUT2D eigenvalue weighted by Crippen LogP contribution is -2.22. The Balaban J connectivity index is 1.89. The van der Waals surface area contributed by atoms with Gasteiger partial charge in [-0.2, -0.15) is 0 Å². The molecule has 5 unspecified atom stereocenters. The lowest BCUT2D eigenvalue weighted by atomic mass is 9.78. The van der Waals surface area contributed by atoms with Gasteiger partial charge < -0.3 is 5.41 Å². The van der Waals surface area contributed by atoms with Gasteiger partial charge in [0.25, 0.3) is 0 Å². The molecule has 0 radical (unpaired) electrons. The van der Waals surface area contributed by atoms with Crippen LogP contribution < -0.4 is 0 Å². The van der Waals surface area contributed by atoms with Crippen LogP contribution in [0.4, 0.5) is 0 Å². The summed E-state index contributed by atoms with van der Waals surface area (Å²) in [6, 6.07) is 0. The normalized spacial score (nSPS) is 55.8. The molecule has 66 valence electrons. The highest BCUT2D eigenvalue weighted by molar-refractivity contribution is 5.58. The molecular formula is C11H17N. The Morgan fingerprint density at radius 2 is 1.83 bits per heavy atom. The fourth-order valence-electron chi connectivity index (χ4n) is 4.32. The van der Waals surface area contributed by atoms with Gasteiger partial charge >= 0.3 is 0 Å². The first kappa shape index (κ1) is 7.11. The number of hydrogen-bond donors (Lipinski definition) is 1. The molecule has 0 saturated heterocycles. The molecule has 1 nitrogen and oxygen atoms in total. The zero-order chi connectivity index (χ0) is 8.13. The minimum Gasteiger partial charge on any atom is -0.313 e. The van der Waals surface area contributed by atoms with Crippen molar-refractivity contribution in [3.8, 4) is 0 Å². The summed E-state index contributed by atoms with van der Waals surface area (Å²) in [6.45, 7) is 0. The van der Waals surface area contributed by atoms with E-state index in [0.29, 0.717) is 5.92 Å². The van der Waals surface area contributed by atoms with Crippen LogP contribution in [-0.2, 0) is 0 Å². The molecule has 0 spiro atoms. The third kappa shape index (κ3) is 0.725. The van der Waals surface area contributed by atoms with Crippen LogP contribution in [0.15, 0.2) is 0 Å².